The minimum atomic E-state index is 0.839. The molecule has 2 rings (SSSR count). The molecule has 0 aromatic heterocycles. The van der Waals surface area contributed by atoms with Gasteiger partial charge in [0, 0.05) is 19.1 Å². The van der Waals surface area contributed by atoms with Crippen molar-refractivity contribution >= 4 is 0 Å². The van der Waals surface area contributed by atoms with Gasteiger partial charge in [0.25, 0.3) is 0 Å². The second-order valence-corrected chi connectivity index (χ2v) is 4.93. The molecule has 0 spiro atoms. The van der Waals surface area contributed by atoms with E-state index in [0.29, 0.717) is 0 Å². The Morgan fingerprint density at radius 3 is 2.36 bits per heavy atom. The number of likely N-dealkylation sites (tertiary alicyclic amines) is 2. The highest BCUT2D eigenvalue weighted by atomic mass is 15.2. The number of hydrogen-bond donors (Lipinski definition) is 0. The van der Waals surface area contributed by atoms with E-state index in [1.165, 1.54) is 64.8 Å². The van der Waals surface area contributed by atoms with E-state index in [0.717, 1.165) is 6.04 Å². The van der Waals surface area contributed by atoms with Crippen molar-refractivity contribution in [1.82, 2.24) is 9.80 Å². The molecule has 2 saturated heterocycles. The summed E-state index contributed by atoms with van der Waals surface area (Å²) in [5.74, 6) is 0. The molecule has 1 unspecified atom stereocenters. The minimum Gasteiger partial charge on any atom is -0.302 e. The van der Waals surface area contributed by atoms with Crippen LogP contribution >= 0.6 is 0 Å². The first-order valence-corrected chi connectivity index (χ1v) is 6.32. The first-order chi connectivity index (χ1) is 6.86. The zero-order valence-corrected chi connectivity index (χ0v) is 9.54. The lowest BCUT2D eigenvalue weighted by Crippen LogP contribution is -2.42. The lowest BCUT2D eigenvalue weighted by molar-refractivity contribution is 0.142. The smallest absolute Gasteiger partial charge is 0.0112 e. The van der Waals surface area contributed by atoms with Crippen molar-refractivity contribution in [2.24, 2.45) is 0 Å². The average molecular weight is 196 g/mol. The third-order valence-electron chi connectivity index (χ3n) is 3.84. The molecule has 2 fully saturated rings. The van der Waals surface area contributed by atoms with Gasteiger partial charge in [-0.3, -0.25) is 4.90 Å². The van der Waals surface area contributed by atoms with E-state index in [1.807, 2.05) is 0 Å². The van der Waals surface area contributed by atoms with Gasteiger partial charge in [-0.2, -0.15) is 0 Å². The monoisotopic (exact) mass is 196 g/mol. The summed E-state index contributed by atoms with van der Waals surface area (Å²) < 4.78 is 0. The molecular formula is C12H24N2. The summed E-state index contributed by atoms with van der Waals surface area (Å²) in [6, 6.07) is 0.839. The minimum absolute atomic E-state index is 0.839. The molecule has 14 heavy (non-hydrogen) atoms. The van der Waals surface area contributed by atoms with Crippen LogP contribution in [0.2, 0.25) is 0 Å². The standard InChI is InChI=1S/C12H24N2/c1-12-6-2-3-9-14(12)11-10-13-7-4-5-8-13/h12H,2-11H2,1H3. The molecule has 2 aliphatic rings. The fourth-order valence-corrected chi connectivity index (χ4v) is 2.77. The van der Waals surface area contributed by atoms with Gasteiger partial charge in [-0.25, -0.2) is 0 Å². The quantitative estimate of drug-likeness (QED) is 0.681. The van der Waals surface area contributed by atoms with Gasteiger partial charge in [-0.05, 0) is 52.2 Å². The Morgan fingerprint density at radius 1 is 0.929 bits per heavy atom. The van der Waals surface area contributed by atoms with E-state index in [2.05, 4.69) is 16.7 Å². The SMILES string of the molecule is CC1CCCCN1CCN1CCCC1. The molecule has 2 aliphatic heterocycles. The first-order valence-electron chi connectivity index (χ1n) is 6.32. The van der Waals surface area contributed by atoms with Crippen LogP contribution < -0.4 is 0 Å². The van der Waals surface area contributed by atoms with Crippen molar-refractivity contribution < 1.29 is 0 Å². The van der Waals surface area contributed by atoms with Crippen LogP contribution in [-0.2, 0) is 0 Å². The Labute approximate surface area is 88.3 Å². The third-order valence-corrected chi connectivity index (χ3v) is 3.84. The molecule has 0 N–H and O–H groups in total. The maximum atomic E-state index is 2.68. The molecule has 0 amide bonds. The number of hydrogen-bond acceptors (Lipinski definition) is 2. The van der Waals surface area contributed by atoms with Gasteiger partial charge in [0.05, 0.1) is 0 Å². The van der Waals surface area contributed by atoms with Crippen LogP contribution in [0.3, 0.4) is 0 Å². The predicted molar refractivity (Wildman–Crippen MR) is 60.6 cm³/mol. The van der Waals surface area contributed by atoms with E-state index >= 15 is 0 Å². The van der Waals surface area contributed by atoms with E-state index in [4.69, 9.17) is 0 Å². The van der Waals surface area contributed by atoms with Gasteiger partial charge in [-0.1, -0.05) is 6.42 Å². The number of nitrogens with zero attached hydrogens (tertiary/aromatic N) is 2. The first kappa shape index (κ1) is 10.4. The lowest BCUT2D eigenvalue weighted by atomic mass is 10.0. The van der Waals surface area contributed by atoms with Crippen LogP contribution in [0.25, 0.3) is 0 Å². The van der Waals surface area contributed by atoms with E-state index in [9.17, 15) is 0 Å². The van der Waals surface area contributed by atoms with E-state index in [1.54, 1.807) is 0 Å². The van der Waals surface area contributed by atoms with E-state index in [-0.39, 0.29) is 0 Å². The predicted octanol–water partition coefficient (Wildman–Crippen LogP) is 1.96. The number of rotatable bonds is 3. The second-order valence-electron chi connectivity index (χ2n) is 4.93. The normalized spacial score (nSPS) is 31.1. The Hall–Kier alpha value is -0.0800. The summed E-state index contributed by atoms with van der Waals surface area (Å²) >= 11 is 0. The van der Waals surface area contributed by atoms with Crippen molar-refractivity contribution in [3.05, 3.63) is 0 Å². The van der Waals surface area contributed by atoms with Crippen LogP contribution in [0.4, 0.5) is 0 Å². The molecule has 0 bridgehead atoms. The maximum Gasteiger partial charge on any atom is 0.0112 e. The Morgan fingerprint density at radius 2 is 1.64 bits per heavy atom. The van der Waals surface area contributed by atoms with Crippen LogP contribution in [0.5, 0.6) is 0 Å². The Balaban J connectivity index is 1.67. The van der Waals surface area contributed by atoms with Crippen molar-refractivity contribution in [3.63, 3.8) is 0 Å². The summed E-state index contributed by atoms with van der Waals surface area (Å²) in [4.78, 5) is 5.31. The van der Waals surface area contributed by atoms with Crippen molar-refractivity contribution in [2.45, 2.75) is 45.1 Å². The van der Waals surface area contributed by atoms with Crippen LogP contribution in [0.15, 0.2) is 0 Å². The summed E-state index contributed by atoms with van der Waals surface area (Å²) in [6.45, 7) is 9.05. The van der Waals surface area contributed by atoms with Crippen LogP contribution in [0.1, 0.15) is 39.0 Å². The molecule has 2 heteroatoms. The number of piperidine rings is 1. The average Bonchev–Trinajstić information content (AvgIpc) is 2.69. The third kappa shape index (κ3) is 2.71. The highest BCUT2D eigenvalue weighted by Gasteiger charge is 2.19. The molecule has 0 radical (unpaired) electrons. The van der Waals surface area contributed by atoms with Crippen LogP contribution in [-0.4, -0.2) is 48.6 Å². The summed E-state index contributed by atoms with van der Waals surface area (Å²) in [5, 5.41) is 0. The molecular weight excluding hydrogens is 172 g/mol. The van der Waals surface area contributed by atoms with Gasteiger partial charge in [0.2, 0.25) is 0 Å². The second kappa shape index (κ2) is 5.13. The van der Waals surface area contributed by atoms with Gasteiger partial charge in [0.1, 0.15) is 0 Å². The van der Waals surface area contributed by atoms with Crippen molar-refractivity contribution in [2.75, 3.05) is 32.7 Å². The fraction of sp³-hybridized carbons (Fsp3) is 1.00. The zero-order chi connectivity index (χ0) is 9.80. The van der Waals surface area contributed by atoms with E-state index < -0.39 is 0 Å². The fourth-order valence-electron chi connectivity index (χ4n) is 2.77. The lowest BCUT2D eigenvalue weighted by Gasteiger charge is -2.34. The van der Waals surface area contributed by atoms with Gasteiger partial charge in [0.15, 0.2) is 0 Å². The molecule has 82 valence electrons. The highest BCUT2D eigenvalue weighted by molar-refractivity contribution is 4.75. The summed E-state index contributed by atoms with van der Waals surface area (Å²) in [6.07, 6.45) is 7.14. The molecule has 2 heterocycles. The van der Waals surface area contributed by atoms with Crippen LogP contribution in [0, 0.1) is 0 Å². The van der Waals surface area contributed by atoms with Gasteiger partial charge < -0.3 is 4.90 Å². The molecule has 0 aromatic rings. The largest absolute Gasteiger partial charge is 0.302 e. The summed E-state index contributed by atoms with van der Waals surface area (Å²) in [7, 11) is 0. The highest BCUT2D eigenvalue weighted by Crippen LogP contribution is 2.16. The zero-order valence-electron chi connectivity index (χ0n) is 9.54. The molecule has 0 aromatic carbocycles. The maximum absolute atomic E-state index is 2.68. The van der Waals surface area contributed by atoms with Gasteiger partial charge >= 0.3 is 0 Å². The van der Waals surface area contributed by atoms with Crippen molar-refractivity contribution in [3.8, 4) is 0 Å². The molecule has 2 nitrogen and oxygen atoms in total. The topological polar surface area (TPSA) is 6.48 Å². The Kier molecular flexibility index (Phi) is 3.82. The van der Waals surface area contributed by atoms with Crippen molar-refractivity contribution in [1.29, 1.82) is 0 Å². The molecule has 1 atom stereocenters. The Bertz CT molecular complexity index is 164. The molecule has 0 aliphatic carbocycles. The van der Waals surface area contributed by atoms with Gasteiger partial charge in [-0.15, -0.1) is 0 Å². The summed E-state index contributed by atoms with van der Waals surface area (Å²) in [5.41, 5.74) is 0. The molecule has 0 saturated carbocycles.